The highest BCUT2D eigenvalue weighted by Gasteiger charge is 2.35. The summed E-state index contributed by atoms with van der Waals surface area (Å²) in [6.45, 7) is 2.44. The number of rotatable bonds is 5. The van der Waals surface area contributed by atoms with Crippen molar-refractivity contribution in [3.63, 3.8) is 0 Å². The Labute approximate surface area is 131 Å². The Bertz CT molecular complexity index is 636. The molecule has 0 spiro atoms. The molecule has 0 aromatic heterocycles. The van der Waals surface area contributed by atoms with Gasteiger partial charge in [0.25, 0.3) is 0 Å². The minimum absolute atomic E-state index is 0.109. The number of hydrogen-bond acceptors (Lipinski definition) is 4. The third-order valence-corrected chi connectivity index (χ3v) is 5.89. The van der Waals surface area contributed by atoms with Crippen LogP contribution in [-0.2, 0) is 10.0 Å². The largest absolute Gasteiger partial charge is 0.392 e. The van der Waals surface area contributed by atoms with E-state index in [1.54, 1.807) is 0 Å². The molecule has 1 aliphatic rings. The molecule has 2 atom stereocenters. The summed E-state index contributed by atoms with van der Waals surface area (Å²) >= 11 is 0. The molecule has 0 saturated heterocycles. The summed E-state index contributed by atoms with van der Waals surface area (Å²) in [5.74, 6) is -0.620. The first-order valence-electron chi connectivity index (χ1n) is 7.43. The molecule has 1 fully saturated rings. The van der Waals surface area contributed by atoms with Crippen LogP contribution >= 0.6 is 0 Å². The molecule has 0 bridgehead atoms. The van der Waals surface area contributed by atoms with E-state index >= 15 is 0 Å². The molecule has 3 N–H and O–H groups in total. The molecule has 0 radical (unpaired) electrons. The van der Waals surface area contributed by atoms with Gasteiger partial charge in [0.2, 0.25) is 10.0 Å². The van der Waals surface area contributed by atoms with Gasteiger partial charge in [-0.1, -0.05) is 19.8 Å². The van der Waals surface area contributed by atoms with Crippen molar-refractivity contribution in [2.75, 3.05) is 18.9 Å². The molecule has 5 nitrogen and oxygen atoms in total. The maximum Gasteiger partial charge on any atom is 0.240 e. The van der Waals surface area contributed by atoms with Gasteiger partial charge in [-0.25, -0.2) is 17.5 Å². The molecule has 0 aliphatic heterocycles. The van der Waals surface area contributed by atoms with Crippen LogP contribution in [0.3, 0.4) is 0 Å². The fraction of sp³-hybridized carbons (Fsp3) is 0.600. The third-order valence-electron chi connectivity index (χ3n) is 4.48. The van der Waals surface area contributed by atoms with Gasteiger partial charge >= 0.3 is 0 Å². The van der Waals surface area contributed by atoms with Crippen molar-refractivity contribution in [1.82, 2.24) is 4.72 Å². The van der Waals surface area contributed by atoms with Gasteiger partial charge in [-0.05, 0) is 38.1 Å². The first kappa shape index (κ1) is 17.2. The number of sulfonamides is 1. The smallest absolute Gasteiger partial charge is 0.240 e. The van der Waals surface area contributed by atoms with E-state index in [4.69, 9.17) is 0 Å². The minimum Gasteiger partial charge on any atom is -0.392 e. The van der Waals surface area contributed by atoms with Gasteiger partial charge in [0.1, 0.15) is 5.82 Å². The zero-order chi connectivity index (χ0) is 16.4. The van der Waals surface area contributed by atoms with Gasteiger partial charge in [0.05, 0.1) is 16.7 Å². The fourth-order valence-corrected chi connectivity index (χ4v) is 3.55. The van der Waals surface area contributed by atoms with Crippen LogP contribution in [0.25, 0.3) is 0 Å². The van der Waals surface area contributed by atoms with Gasteiger partial charge in [-0.15, -0.1) is 0 Å². The van der Waals surface area contributed by atoms with Crippen LogP contribution in [0.5, 0.6) is 0 Å². The molecule has 0 unspecified atom stereocenters. The van der Waals surface area contributed by atoms with Crippen LogP contribution in [0.2, 0.25) is 0 Å². The van der Waals surface area contributed by atoms with E-state index in [0.717, 1.165) is 31.7 Å². The number of benzene rings is 1. The number of nitrogens with one attached hydrogen (secondary N) is 2. The molecular formula is C15H23FN2O3S. The zero-order valence-electron chi connectivity index (χ0n) is 12.9. The van der Waals surface area contributed by atoms with Crippen molar-refractivity contribution in [3.8, 4) is 0 Å². The Kier molecular flexibility index (Phi) is 5.09. The number of hydrogen-bond donors (Lipinski definition) is 3. The second kappa shape index (κ2) is 6.52. The van der Waals surface area contributed by atoms with Gasteiger partial charge in [0, 0.05) is 12.0 Å². The Morgan fingerprint density at radius 2 is 2.14 bits per heavy atom. The van der Waals surface area contributed by atoms with Crippen LogP contribution in [0.15, 0.2) is 23.1 Å². The van der Waals surface area contributed by atoms with Crippen molar-refractivity contribution in [2.45, 2.75) is 43.6 Å². The number of anilines is 1. The van der Waals surface area contributed by atoms with Crippen molar-refractivity contribution < 1.29 is 17.9 Å². The van der Waals surface area contributed by atoms with Crippen LogP contribution in [0.1, 0.15) is 32.6 Å². The molecule has 7 heteroatoms. The van der Waals surface area contributed by atoms with Crippen molar-refractivity contribution >= 4 is 15.7 Å². The second-order valence-electron chi connectivity index (χ2n) is 6.12. The lowest BCUT2D eigenvalue weighted by Crippen LogP contribution is -2.41. The molecule has 0 heterocycles. The second-order valence-corrected chi connectivity index (χ2v) is 8.00. The highest BCUT2D eigenvalue weighted by Crippen LogP contribution is 2.36. The summed E-state index contributed by atoms with van der Waals surface area (Å²) in [6, 6.07) is 3.77. The van der Waals surface area contributed by atoms with E-state index in [-0.39, 0.29) is 16.0 Å². The predicted octanol–water partition coefficient (Wildman–Crippen LogP) is 2.09. The van der Waals surface area contributed by atoms with Crippen LogP contribution in [-0.4, -0.2) is 33.2 Å². The van der Waals surface area contributed by atoms with Gasteiger partial charge in [-0.2, -0.15) is 0 Å². The van der Waals surface area contributed by atoms with Crippen molar-refractivity contribution in [2.24, 2.45) is 5.41 Å². The monoisotopic (exact) mass is 330 g/mol. The lowest BCUT2D eigenvalue weighted by molar-refractivity contribution is 0.00959. The lowest BCUT2D eigenvalue weighted by atomic mass is 9.73. The maximum absolute atomic E-state index is 14.1. The van der Waals surface area contributed by atoms with Crippen LogP contribution in [0.4, 0.5) is 10.1 Å². The van der Waals surface area contributed by atoms with Gasteiger partial charge in [-0.3, -0.25) is 0 Å². The first-order valence-corrected chi connectivity index (χ1v) is 8.92. The number of halogens is 1. The molecule has 22 heavy (non-hydrogen) atoms. The summed E-state index contributed by atoms with van der Waals surface area (Å²) in [6.07, 6.45) is 3.31. The average Bonchev–Trinajstić information content (AvgIpc) is 2.49. The normalized spacial score (nSPS) is 25.9. The topological polar surface area (TPSA) is 78.4 Å². The summed E-state index contributed by atoms with van der Waals surface area (Å²) in [7, 11) is -2.37. The standard InChI is InChI=1S/C15H23FN2O3S/c1-15(8-4-3-5-14(15)19)10-18-13-7-6-11(9-12(13)16)22(20,21)17-2/h6-7,9,14,17-19H,3-5,8,10H2,1-2H3/t14-,15+/m1/s1. The molecule has 124 valence electrons. The minimum atomic E-state index is -3.65. The lowest BCUT2D eigenvalue weighted by Gasteiger charge is -2.38. The molecule has 1 saturated carbocycles. The fourth-order valence-electron chi connectivity index (χ4n) is 2.81. The van der Waals surface area contributed by atoms with E-state index in [9.17, 15) is 17.9 Å². The molecule has 1 aliphatic carbocycles. The summed E-state index contributed by atoms with van der Waals surface area (Å²) in [5.41, 5.74) is -0.0468. The highest BCUT2D eigenvalue weighted by atomic mass is 32.2. The van der Waals surface area contributed by atoms with Crippen LogP contribution < -0.4 is 10.0 Å². The number of aliphatic hydroxyl groups excluding tert-OH is 1. The van der Waals surface area contributed by atoms with E-state index in [1.807, 2.05) is 6.92 Å². The maximum atomic E-state index is 14.1. The Morgan fingerprint density at radius 1 is 1.41 bits per heavy atom. The Morgan fingerprint density at radius 3 is 2.73 bits per heavy atom. The van der Waals surface area contributed by atoms with E-state index in [1.165, 1.54) is 19.2 Å². The van der Waals surface area contributed by atoms with Gasteiger partial charge in [0.15, 0.2) is 0 Å². The Balaban J connectivity index is 2.11. The molecule has 2 rings (SSSR count). The molecule has 0 amide bonds. The zero-order valence-corrected chi connectivity index (χ0v) is 13.7. The quantitative estimate of drug-likeness (QED) is 0.772. The Hall–Kier alpha value is -1.18. The molecule has 1 aromatic rings. The first-order chi connectivity index (χ1) is 10.3. The van der Waals surface area contributed by atoms with E-state index < -0.39 is 21.9 Å². The third kappa shape index (κ3) is 3.59. The molecular weight excluding hydrogens is 307 g/mol. The predicted molar refractivity (Wildman–Crippen MR) is 83.7 cm³/mol. The van der Waals surface area contributed by atoms with Crippen LogP contribution in [0, 0.1) is 11.2 Å². The molecule has 1 aromatic carbocycles. The van der Waals surface area contributed by atoms with Gasteiger partial charge < -0.3 is 10.4 Å². The highest BCUT2D eigenvalue weighted by molar-refractivity contribution is 7.89. The average molecular weight is 330 g/mol. The number of aliphatic hydroxyl groups is 1. The van der Waals surface area contributed by atoms with Crippen molar-refractivity contribution in [1.29, 1.82) is 0 Å². The summed E-state index contributed by atoms with van der Waals surface area (Å²) in [5, 5.41) is 13.1. The van der Waals surface area contributed by atoms with E-state index in [2.05, 4.69) is 10.0 Å². The summed E-state index contributed by atoms with van der Waals surface area (Å²) < 4.78 is 39.5. The SMILES string of the molecule is CNS(=O)(=O)c1ccc(NC[C@]2(C)CCCC[C@H]2O)c(F)c1. The van der Waals surface area contributed by atoms with E-state index in [0.29, 0.717) is 6.54 Å². The summed E-state index contributed by atoms with van der Waals surface area (Å²) in [4.78, 5) is -0.109. The van der Waals surface area contributed by atoms with Crippen molar-refractivity contribution in [3.05, 3.63) is 24.0 Å².